The van der Waals surface area contributed by atoms with Crippen LogP contribution in [0.3, 0.4) is 0 Å². The first-order valence-electron chi connectivity index (χ1n) is 15.7. The van der Waals surface area contributed by atoms with Crippen LogP contribution >= 0.6 is 11.8 Å². The molecule has 2 unspecified atom stereocenters. The van der Waals surface area contributed by atoms with Crippen LogP contribution in [0.5, 0.6) is 0 Å². The van der Waals surface area contributed by atoms with Crippen molar-refractivity contribution >= 4 is 53.1 Å². The van der Waals surface area contributed by atoms with E-state index in [4.69, 9.17) is 10.5 Å². The number of alkyl carbamates (subject to hydrolysis) is 1. The van der Waals surface area contributed by atoms with Crippen LogP contribution in [0.15, 0.2) is 24.3 Å². The van der Waals surface area contributed by atoms with Gasteiger partial charge in [0.1, 0.15) is 18.7 Å². The molecule has 1 aromatic carbocycles. The third kappa shape index (κ3) is 13.9. The molecule has 15 nitrogen and oxygen atoms in total. The SMILES string of the molecule is CNC(=O)OCc1ccc(NC(=O)[C@H](CCCNC(N)O)NC(=O)[C@@H](NC(=O)CCCCCN2C(=O)CC(SC)C2=O)C(C)C)cc1. The Morgan fingerprint density at radius 3 is 2.34 bits per heavy atom. The van der Waals surface area contributed by atoms with Gasteiger partial charge in [0, 0.05) is 32.1 Å². The fourth-order valence-corrected chi connectivity index (χ4v) is 5.44. The van der Waals surface area contributed by atoms with Crippen LogP contribution in [0, 0.1) is 5.92 Å². The van der Waals surface area contributed by atoms with Gasteiger partial charge < -0.3 is 31.1 Å². The second-order valence-electron chi connectivity index (χ2n) is 11.5. The predicted molar refractivity (Wildman–Crippen MR) is 178 cm³/mol. The highest BCUT2D eigenvalue weighted by Crippen LogP contribution is 2.23. The zero-order chi connectivity index (χ0) is 34.9. The smallest absolute Gasteiger partial charge is 0.407 e. The van der Waals surface area contributed by atoms with Crippen molar-refractivity contribution in [2.45, 2.75) is 89.1 Å². The van der Waals surface area contributed by atoms with Crippen LogP contribution < -0.4 is 32.3 Å². The second kappa shape index (κ2) is 20.5. The summed E-state index contributed by atoms with van der Waals surface area (Å²) in [7, 11) is 1.46. The summed E-state index contributed by atoms with van der Waals surface area (Å²) in [6.45, 7) is 4.24. The average molecular weight is 680 g/mol. The zero-order valence-corrected chi connectivity index (χ0v) is 28.3. The fourth-order valence-electron chi connectivity index (χ4n) is 4.81. The van der Waals surface area contributed by atoms with E-state index < -0.39 is 36.3 Å². The number of aliphatic hydroxyl groups excluding tert-OH is 1. The van der Waals surface area contributed by atoms with Gasteiger partial charge in [0.2, 0.25) is 29.5 Å². The summed E-state index contributed by atoms with van der Waals surface area (Å²) in [5.74, 6) is -1.92. The lowest BCUT2D eigenvalue weighted by Crippen LogP contribution is -2.54. The van der Waals surface area contributed by atoms with Gasteiger partial charge in [-0.25, -0.2) is 4.79 Å². The number of benzene rings is 1. The van der Waals surface area contributed by atoms with Gasteiger partial charge >= 0.3 is 6.09 Å². The third-order valence-corrected chi connectivity index (χ3v) is 8.43. The maximum atomic E-state index is 13.4. The molecule has 0 bridgehead atoms. The summed E-state index contributed by atoms with van der Waals surface area (Å²) in [6.07, 6.45) is 2.74. The lowest BCUT2D eigenvalue weighted by molar-refractivity contribution is -0.138. The van der Waals surface area contributed by atoms with Crippen molar-refractivity contribution < 1.29 is 38.6 Å². The van der Waals surface area contributed by atoms with Crippen LogP contribution in [0.2, 0.25) is 0 Å². The number of carbonyl (C=O) groups excluding carboxylic acids is 6. The molecule has 1 aliphatic rings. The van der Waals surface area contributed by atoms with Gasteiger partial charge in [-0.05, 0) is 62.1 Å². The van der Waals surface area contributed by atoms with Crippen molar-refractivity contribution in [3.63, 3.8) is 0 Å². The first kappa shape index (κ1) is 39.4. The predicted octanol–water partition coefficient (Wildman–Crippen LogP) is 0.762. The lowest BCUT2D eigenvalue weighted by atomic mass is 10.0. The maximum absolute atomic E-state index is 13.4. The number of carbonyl (C=O) groups is 6. The van der Waals surface area contributed by atoms with Crippen LogP contribution in [0.1, 0.15) is 64.4 Å². The molecular formula is C31H49N7O8S. The van der Waals surface area contributed by atoms with Crippen molar-refractivity contribution in [2.75, 3.05) is 31.7 Å². The van der Waals surface area contributed by atoms with E-state index in [2.05, 4.69) is 26.6 Å². The molecule has 8 N–H and O–H groups in total. The van der Waals surface area contributed by atoms with Crippen LogP contribution in [-0.4, -0.2) is 95.7 Å². The Morgan fingerprint density at radius 2 is 1.74 bits per heavy atom. The van der Waals surface area contributed by atoms with Crippen LogP contribution in [0.4, 0.5) is 10.5 Å². The number of hydrogen-bond donors (Lipinski definition) is 7. The van der Waals surface area contributed by atoms with Crippen molar-refractivity contribution in [1.82, 2.24) is 26.2 Å². The van der Waals surface area contributed by atoms with Gasteiger partial charge in [0.15, 0.2) is 6.35 Å². The van der Waals surface area contributed by atoms with E-state index in [1.54, 1.807) is 44.4 Å². The van der Waals surface area contributed by atoms with E-state index in [1.807, 2.05) is 0 Å². The van der Waals surface area contributed by atoms with Crippen LogP contribution in [0.25, 0.3) is 0 Å². The summed E-state index contributed by atoms with van der Waals surface area (Å²) < 4.78 is 5.01. The molecule has 0 saturated carbocycles. The second-order valence-corrected chi connectivity index (χ2v) is 12.6. The summed E-state index contributed by atoms with van der Waals surface area (Å²) in [5, 5.41) is 22.3. The highest BCUT2D eigenvalue weighted by Gasteiger charge is 2.37. The number of unbranched alkanes of at least 4 members (excludes halogenated alkanes) is 2. The Balaban J connectivity index is 1.93. The number of nitrogens with two attached hydrogens (primary N) is 1. The minimum atomic E-state index is -1.22. The number of nitrogens with one attached hydrogen (secondary N) is 5. The number of thioether (sulfide) groups is 1. The molecule has 1 heterocycles. The van der Waals surface area contributed by atoms with Gasteiger partial charge in [-0.2, -0.15) is 11.8 Å². The molecule has 262 valence electrons. The first-order valence-corrected chi connectivity index (χ1v) is 17.0. The monoisotopic (exact) mass is 679 g/mol. The van der Waals surface area contributed by atoms with E-state index >= 15 is 0 Å². The molecule has 0 spiro atoms. The zero-order valence-electron chi connectivity index (χ0n) is 27.5. The van der Waals surface area contributed by atoms with Gasteiger partial charge in [-0.3, -0.25) is 39.9 Å². The summed E-state index contributed by atoms with van der Waals surface area (Å²) >= 11 is 1.37. The average Bonchev–Trinajstić information content (AvgIpc) is 3.31. The van der Waals surface area contributed by atoms with Gasteiger partial charge in [0.05, 0.1) is 5.25 Å². The van der Waals surface area contributed by atoms with Crippen molar-refractivity contribution in [2.24, 2.45) is 11.7 Å². The van der Waals surface area contributed by atoms with E-state index in [-0.39, 0.29) is 54.8 Å². The molecule has 47 heavy (non-hydrogen) atoms. The molecule has 0 radical (unpaired) electrons. The van der Waals surface area contributed by atoms with Gasteiger partial charge in [0.25, 0.3) is 0 Å². The van der Waals surface area contributed by atoms with E-state index in [0.717, 1.165) is 0 Å². The number of amides is 6. The standard InChI is InChI=1S/C31H49N7O8S/c1-19(2)26(37-24(39)10-6-5-7-16-38-25(40)17-23(47-4)29(38)43)28(42)36-22(9-8-15-34-30(32)44)27(41)35-21-13-11-20(12-14-21)18-46-31(45)33-3/h11-14,19,22-23,26,30,34,44H,5-10,15-18,32H2,1-4H3,(H,33,45)(H,35,41)(H,36,42)(H,37,39)/t22-,23?,26-,30?/m0/s1. The van der Waals surface area contributed by atoms with E-state index in [9.17, 15) is 33.9 Å². The fraction of sp³-hybridized carbons (Fsp3) is 0.613. The minimum absolute atomic E-state index is 0.0498. The quantitative estimate of drug-likeness (QED) is 0.0579. The number of nitrogens with zero attached hydrogens (tertiary/aromatic N) is 1. The molecule has 4 atom stereocenters. The Kier molecular flexibility index (Phi) is 17.2. The van der Waals surface area contributed by atoms with Crippen molar-refractivity contribution in [1.29, 1.82) is 0 Å². The molecule has 0 aromatic heterocycles. The summed E-state index contributed by atoms with van der Waals surface area (Å²) in [4.78, 5) is 76.3. The number of rotatable bonds is 20. The normalized spacial score (nSPS) is 16.4. The summed E-state index contributed by atoms with van der Waals surface area (Å²) in [5.41, 5.74) is 6.50. The molecule has 6 amide bonds. The Labute approximate surface area is 279 Å². The van der Waals surface area contributed by atoms with Crippen molar-refractivity contribution in [3.05, 3.63) is 29.8 Å². The number of likely N-dealkylation sites (tertiary alicyclic amines) is 1. The van der Waals surface area contributed by atoms with Crippen molar-refractivity contribution in [3.8, 4) is 0 Å². The maximum Gasteiger partial charge on any atom is 0.407 e. The topological polar surface area (TPSA) is 221 Å². The number of imide groups is 1. The number of ether oxygens (including phenoxy) is 1. The number of hydrogen-bond acceptors (Lipinski definition) is 11. The van der Waals surface area contributed by atoms with Gasteiger partial charge in [-0.15, -0.1) is 0 Å². The Bertz CT molecular complexity index is 1210. The minimum Gasteiger partial charge on any atom is -0.445 e. The Morgan fingerprint density at radius 1 is 1.04 bits per heavy atom. The first-order chi connectivity index (χ1) is 22.4. The highest BCUT2D eigenvalue weighted by atomic mass is 32.2. The molecule has 2 rings (SSSR count). The third-order valence-electron chi connectivity index (χ3n) is 7.49. The summed E-state index contributed by atoms with van der Waals surface area (Å²) in [6, 6.07) is 4.81. The molecule has 0 aliphatic carbocycles. The molecule has 1 saturated heterocycles. The Hall–Kier alpha value is -3.73. The van der Waals surface area contributed by atoms with E-state index in [1.165, 1.54) is 23.7 Å². The van der Waals surface area contributed by atoms with Gasteiger partial charge in [-0.1, -0.05) is 32.4 Å². The number of anilines is 1. The molecule has 16 heteroatoms. The lowest BCUT2D eigenvalue weighted by Gasteiger charge is -2.25. The highest BCUT2D eigenvalue weighted by molar-refractivity contribution is 8.00. The molecule has 1 fully saturated rings. The van der Waals surface area contributed by atoms with Crippen LogP contribution in [-0.2, 0) is 35.3 Å². The van der Waals surface area contributed by atoms with E-state index in [0.29, 0.717) is 50.0 Å². The molecule has 1 aromatic rings. The number of aliphatic hydroxyl groups is 1. The molecular weight excluding hydrogens is 630 g/mol. The molecule has 1 aliphatic heterocycles. The largest absolute Gasteiger partial charge is 0.445 e.